The van der Waals surface area contributed by atoms with Crippen molar-refractivity contribution in [1.82, 2.24) is 5.32 Å². The molecule has 0 spiro atoms. The standard InChI is InChI=1S/C15H21NO3S/c1-12(15(17)16-14-9-5-6-10-14)20(18,19)11-13-7-3-2-4-8-13/h2-4,7-8,12,14H,5-6,9-11H2,1H3,(H,16,17). The Morgan fingerprint density at radius 2 is 1.85 bits per heavy atom. The van der Waals surface area contributed by atoms with Gasteiger partial charge < -0.3 is 5.32 Å². The van der Waals surface area contributed by atoms with Gasteiger partial charge in [-0.05, 0) is 25.3 Å². The SMILES string of the molecule is CC(C(=O)NC1CCCC1)S(=O)(=O)Cc1ccccc1. The van der Waals surface area contributed by atoms with Crippen LogP contribution in [0.3, 0.4) is 0 Å². The number of carbonyl (C=O) groups excluding carboxylic acids is 1. The molecule has 0 heterocycles. The van der Waals surface area contributed by atoms with Gasteiger partial charge in [0.1, 0.15) is 5.25 Å². The van der Waals surface area contributed by atoms with E-state index in [9.17, 15) is 13.2 Å². The second-order valence-corrected chi connectivity index (χ2v) is 7.75. The fourth-order valence-electron chi connectivity index (χ4n) is 2.48. The van der Waals surface area contributed by atoms with E-state index >= 15 is 0 Å². The number of benzene rings is 1. The molecule has 2 rings (SSSR count). The van der Waals surface area contributed by atoms with E-state index in [0.29, 0.717) is 5.56 Å². The molecule has 0 aliphatic heterocycles. The van der Waals surface area contributed by atoms with Crippen molar-refractivity contribution in [2.75, 3.05) is 0 Å². The largest absolute Gasteiger partial charge is 0.352 e. The molecule has 0 saturated heterocycles. The number of nitrogens with one attached hydrogen (secondary N) is 1. The third-order valence-corrected chi connectivity index (χ3v) is 5.85. The lowest BCUT2D eigenvalue weighted by Crippen LogP contribution is -2.42. The minimum Gasteiger partial charge on any atom is -0.352 e. The molecular weight excluding hydrogens is 274 g/mol. The Bertz CT molecular complexity index is 548. The van der Waals surface area contributed by atoms with Crippen LogP contribution in [0.2, 0.25) is 0 Å². The first-order valence-corrected chi connectivity index (χ1v) is 8.76. The van der Waals surface area contributed by atoms with Crippen LogP contribution in [0.25, 0.3) is 0 Å². The maximum absolute atomic E-state index is 12.3. The Hall–Kier alpha value is -1.36. The van der Waals surface area contributed by atoms with Crippen molar-refractivity contribution in [3.05, 3.63) is 35.9 Å². The van der Waals surface area contributed by atoms with Gasteiger partial charge in [0.25, 0.3) is 0 Å². The highest BCUT2D eigenvalue weighted by Crippen LogP contribution is 2.18. The highest BCUT2D eigenvalue weighted by atomic mass is 32.2. The molecule has 1 aliphatic carbocycles. The molecule has 5 heteroatoms. The van der Waals surface area contributed by atoms with Crippen LogP contribution >= 0.6 is 0 Å². The van der Waals surface area contributed by atoms with Crippen LogP contribution in [0.1, 0.15) is 38.2 Å². The van der Waals surface area contributed by atoms with Gasteiger partial charge in [-0.25, -0.2) is 8.42 Å². The molecule has 1 N–H and O–H groups in total. The van der Waals surface area contributed by atoms with Gasteiger partial charge in [0, 0.05) is 6.04 Å². The van der Waals surface area contributed by atoms with Gasteiger partial charge in [-0.15, -0.1) is 0 Å². The van der Waals surface area contributed by atoms with Crippen molar-refractivity contribution in [3.63, 3.8) is 0 Å². The first-order chi connectivity index (χ1) is 9.49. The van der Waals surface area contributed by atoms with E-state index in [1.165, 1.54) is 6.92 Å². The van der Waals surface area contributed by atoms with Crippen molar-refractivity contribution in [2.24, 2.45) is 0 Å². The molecule has 1 aromatic carbocycles. The normalized spacial score (nSPS) is 17.9. The quantitative estimate of drug-likeness (QED) is 0.904. The molecule has 1 unspecified atom stereocenters. The zero-order valence-electron chi connectivity index (χ0n) is 11.7. The number of hydrogen-bond donors (Lipinski definition) is 1. The average molecular weight is 295 g/mol. The Balaban J connectivity index is 1.99. The summed E-state index contributed by atoms with van der Waals surface area (Å²) in [5, 5.41) is 1.86. The van der Waals surface area contributed by atoms with Gasteiger partial charge in [-0.1, -0.05) is 43.2 Å². The summed E-state index contributed by atoms with van der Waals surface area (Å²) in [5.74, 6) is -0.458. The number of sulfone groups is 1. The van der Waals surface area contributed by atoms with E-state index in [0.717, 1.165) is 25.7 Å². The van der Waals surface area contributed by atoms with Crippen molar-refractivity contribution in [3.8, 4) is 0 Å². The van der Waals surface area contributed by atoms with Crippen LogP contribution in [0.15, 0.2) is 30.3 Å². The topological polar surface area (TPSA) is 63.2 Å². The number of amides is 1. The second kappa shape index (κ2) is 6.39. The van der Waals surface area contributed by atoms with Crippen LogP contribution in [0.4, 0.5) is 0 Å². The summed E-state index contributed by atoms with van der Waals surface area (Å²) < 4.78 is 24.5. The Labute approximate surface area is 120 Å². The maximum Gasteiger partial charge on any atom is 0.238 e. The Kier molecular flexibility index (Phi) is 4.81. The first-order valence-electron chi connectivity index (χ1n) is 7.05. The van der Waals surface area contributed by atoms with E-state index in [1.54, 1.807) is 24.3 Å². The monoisotopic (exact) mass is 295 g/mol. The Morgan fingerprint density at radius 1 is 1.25 bits per heavy atom. The molecule has 4 nitrogen and oxygen atoms in total. The molecule has 1 aliphatic rings. The van der Waals surface area contributed by atoms with Crippen molar-refractivity contribution >= 4 is 15.7 Å². The number of hydrogen-bond acceptors (Lipinski definition) is 3. The smallest absolute Gasteiger partial charge is 0.238 e. The molecule has 1 fully saturated rings. The summed E-state index contributed by atoms with van der Waals surface area (Å²) in [4.78, 5) is 12.0. The van der Waals surface area contributed by atoms with Crippen molar-refractivity contribution in [1.29, 1.82) is 0 Å². The zero-order valence-corrected chi connectivity index (χ0v) is 12.5. The predicted molar refractivity (Wildman–Crippen MR) is 78.9 cm³/mol. The number of rotatable bonds is 5. The van der Waals surface area contributed by atoms with Crippen LogP contribution < -0.4 is 5.32 Å². The number of carbonyl (C=O) groups is 1. The summed E-state index contributed by atoms with van der Waals surface area (Å²) in [6.07, 6.45) is 4.13. The lowest BCUT2D eigenvalue weighted by molar-refractivity contribution is -0.121. The van der Waals surface area contributed by atoms with Crippen LogP contribution in [-0.4, -0.2) is 25.6 Å². The second-order valence-electron chi connectivity index (χ2n) is 5.42. The summed E-state index contributed by atoms with van der Waals surface area (Å²) in [6, 6.07) is 9.12. The zero-order chi connectivity index (χ0) is 14.6. The van der Waals surface area contributed by atoms with E-state index in [2.05, 4.69) is 5.32 Å². The molecule has 1 saturated carbocycles. The minimum absolute atomic E-state index is 0.0902. The van der Waals surface area contributed by atoms with Crippen LogP contribution in [0.5, 0.6) is 0 Å². The lowest BCUT2D eigenvalue weighted by atomic mass is 10.2. The highest BCUT2D eigenvalue weighted by Gasteiger charge is 2.30. The predicted octanol–water partition coefficient (Wildman–Crippen LogP) is 2.05. The van der Waals surface area contributed by atoms with Crippen LogP contribution in [-0.2, 0) is 20.4 Å². The highest BCUT2D eigenvalue weighted by molar-refractivity contribution is 7.92. The molecule has 1 amide bonds. The average Bonchev–Trinajstić information content (AvgIpc) is 2.91. The van der Waals surface area contributed by atoms with Gasteiger partial charge in [0.2, 0.25) is 5.91 Å². The van der Waals surface area contributed by atoms with E-state index < -0.39 is 15.1 Å². The molecule has 1 atom stereocenters. The maximum atomic E-state index is 12.3. The van der Waals surface area contributed by atoms with Gasteiger partial charge in [0.05, 0.1) is 5.75 Å². The lowest BCUT2D eigenvalue weighted by Gasteiger charge is -2.17. The molecule has 0 aromatic heterocycles. The summed E-state index contributed by atoms with van der Waals surface area (Å²) >= 11 is 0. The minimum atomic E-state index is -3.47. The molecule has 0 radical (unpaired) electrons. The van der Waals surface area contributed by atoms with Crippen LogP contribution in [0, 0.1) is 0 Å². The van der Waals surface area contributed by atoms with Crippen molar-refractivity contribution in [2.45, 2.75) is 49.7 Å². The summed E-state index contributed by atoms with van der Waals surface area (Å²) in [5.41, 5.74) is 0.716. The van der Waals surface area contributed by atoms with Gasteiger partial charge in [0.15, 0.2) is 9.84 Å². The van der Waals surface area contributed by atoms with Gasteiger partial charge >= 0.3 is 0 Å². The Morgan fingerprint density at radius 3 is 2.45 bits per heavy atom. The van der Waals surface area contributed by atoms with Gasteiger partial charge in [-0.2, -0.15) is 0 Å². The third-order valence-electron chi connectivity index (χ3n) is 3.82. The molecule has 0 bridgehead atoms. The summed E-state index contributed by atoms with van der Waals surface area (Å²) in [6.45, 7) is 1.47. The fourth-order valence-corrected chi connectivity index (χ4v) is 3.78. The van der Waals surface area contributed by atoms with Crippen molar-refractivity contribution < 1.29 is 13.2 Å². The van der Waals surface area contributed by atoms with E-state index in [1.807, 2.05) is 6.07 Å². The molecule has 110 valence electrons. The molecular formula is C15H21NO3S. The van der Waals surface area contributed by atoms with E-state index in [-0.39, 0.29) is 17.7 Å². The van der Waals surface area contributed by atoms with Gasteiger partial charge in [-0.3, -0.25) is 4.79 Å². The molecule has 20 heavy (non-hydrogen) atoms. The first kappa shape index (κ1) is 15.0. The molecule has 1 aromatic rings. The third kappa shape index (κ3) is 3.82. The fraction of sp³-hybridized carbons (Fsp3) is 0.533. The van der Waals surface area contributed by atoms with E-state index in [4.69, 9.17) is 0 Å². The summed E-state index contributed by atoms with van der Waals surface area (Å²) in [7, 11) is -3.47.